The van der Waals surface area contributed by atoms with E-state index >= 15 is 0 Å². The number of allylic oxidation sites excluding steroid dienone is 2. The normalized spacial score (nSPS) is 18.7. The summed E-state index contributed by atoms with van der Waals surface area (Å²) in [5.41, 5.74) is 0. The van der Waals surface area contributed by atoms with E-state index in [9.17, 15) is 0 Å². The lowest BCUT2D eigenvalue weighted by molar-refractivity contribution is 2.02. The third-order valence-corrected chi connectivity index (χ3v) is 1.73. The zero-order valence-electron chi connectivity index (χ0n) is 2.97. The van der Waals surface area contributed by atoms with Crippen molar-refractivity contribution in [3.63, 3.8) is 0 Å². The first-order chi connectivity index (χ1) is 3.00. The van der Waals surface area contributed by atoms with E-state index < -0.39 is 0 Å². The molecular weight excluding hydrogens is 112 g/mol. The summed E-state index contributed by atoms with van der Waals surface area (Å²) >= 11 is 0. The summed E-state index contributed by atoms with van der Waals surface area (Å²) in [6, 6.07) is 0. The summed E-state index contributed by atoms with van der Waals surface area (Å²) in [7, 11) is 3.13. The first kappa shape index (κ1) is 4.34. The van der Waals surface area contributed by atoms with Gasteiger partial charge in [0.1, 0.15) is 0 Å². The standard InChI is InChI=1S/C4H2S2/c1-2-4-6-5-3-1/h1-2H. The fourth-order valence-electron chi connectivity index (χ4n) is 0.172. The molecule has 0 fully saturated rings. The minimum atomic E-state index is 1.56. The average Bonchev–Trinajstić information content (AvgIpc) is 1.72. The molecule has 6 heavy (non-hydrogen) atoms. The number of rotatable bonds is 0. The van der Waals surface area contributed by atoms with Gasteiger partial charge >= 0.3 is 0 Å². The highest BCUT2D eigenvalue weighted by molar-refractivity contribution is 8.78. The molecule has 0 saturated heterocycles. The van der Waals surface area contributed by atoms with Crippen LogP contribution in [0.25, 0.3) is 0 Å². The van der Waals surface area contributed by atoms with Gasteiger partial charge in [0.2, 0.25) is 0 Å². The summed E-state index contributed by atoms with van der Waals surface area (Å²) in [5, 5.41) is 5.84. The Morgan fingerprint density at radius 1 is 1.00 bits per heavy atom. The van der Waals surface area contributed by atoms with Crippen LogP contribution in [0.3, 0.4) is 0 Å². The summed E-state index contributed by atoms with van der Waals surface area (Å²) in [4.78, 5) is 0. The first-order valence-corrected chi connectivity index (χ1v) is 3.64. The van der Waals surface area contributed by atoms with Crippen LogP contribution in [0, 0.1) is 10.8 Å². The van der Waals surface area contributed by atoms with Gasteiger partial charge in [0.05, 0.1) is 0 Å². The van der Waals surface area contributed by atoms with Crippen molar-refractivity contribution in [3.05, 3.63) is 23.0 Å². The highest BCUT2D eigenvalue weighted by Gasteiger charge is 1.80. The van der Waals surface area contributed by atoms with Gasteiger partial charge in [-0.3, -0.25) is 0 Å². The molecule has 0 aromatic rings. The SMILES string of the molecule is [C]1=CC=[C]SS1. The molecule has 30 valence electrons. The van der Waals surface area contributed by atoms with Crippen molar-refractivity contribution in [1.29, 1.82) is 0 Å². The van der Waals surface area contributed by atoms with Crippen molar-refractivity contribution in [3.8, 4) is 0 Å². The highest BCUT2D eigenvalue weighted by Crippen LogP contribution is 2.24. The van der Waals surface area contributed by atoms with Gasteiger partial charge in [0.25, 0.3) is 0 Å². The highest BCUT2D eigenvalue weighted by atomic mass is 33.1. The topological polar surface area (TPSA) is 0 Å². The second kappa shape index (κ2) is 2.37. The predicted octanol–water partition coefficient (Wildman–Crippen LogP) is 2.02. The molecule has 0 aromatic carbocycles. The molecule has 0 atom stereocenters. The fraction of sp³-hybridized carbons (Fsp3) is 0. The van der Waals surface area contributed by atoms with Crippen LogP contribution in [0.4, 0.5) is 0 Å². The molecule has 0 spiro atoms. The van der Waals surface area contributed by atoms with Gasteiger partial charge in [0, 0.05) is 10.8 Å². The molecular formula is C4H2S2. The van der Waals surface area contributed by atoms with E-state index in [4.69, 9.17) is 0 Å². The van der Waals surface area contributed by atoms with Gasteiger partial charge in [-0.2, -0.15) is 0 Å². The molecule has 0 saturated carbocycles. The minimum Gasteiger partial charge on any atom is -0.0513 e. The van der Waals surface area contributed by atoms with E-state index in [0.29, 0.717) is 0 Å². The average molecular weight is 114 g/mol. The Morgan fingerprint density at radius 3 is 1.67 bits per heavy atom. The Labute approximate surface area is 45.1 Å². The number of hydrogen-bond donors (Lipinski definition) is 0. The zero-order chi connectivity index (χ0) is 4.24. The second-order valence-electron chi connectivity index (χ2n) is 0.736. The van der Waals surface area contributed by atoms with Gasteiger partial charge in [-0.25, -0.2) is 0 Å². The molecule has 0 amide bonds. The van der Waals surface area contributed by atoms with E-state index in [1.807, 2.05) is 12.2 Å². The minimum absolute atomic E-state index is 1.56. The Hall–Kier alpha value is 0.180. The maximum atomic E-state index is 2.92. The van der Waals surface area contributed by atoms with Gasteiger partial charge in [-0.15, -0.1) is 0 Å². The van der Waals surface area contributed by atoms with Crippen LogP contribution < -0.4 is 0 Å². The molecule has 2 heteroatoms. The number of hydrogen-bond acceptors (Lipinski definition) is 2. The largest absolute Gasteiger partial charge is 0.0513 e. The van der Waals surface area contributed by atoms with Gasteiger partial charge < -0.3 is 0 Å². The van der Waals surface area contributed by atoms with E-state index in [0.717, 1.165) is 0 Å². The summed E-state index contributed by atoms with van der Waals surface area (Å²) in [5.74, 6) is 0. The van der Waals surface area contributed by atoms with Gasteiger partial charge in [-0.05, 0) is 12.2 Å². The molecule has 0 unspecified atom stereocenters. The smallest absolute Gasteiger partial charge is 0.0331 e. The Morgan fingerprint density at radius 2 is 1.50 bits per heavy atom. The zero-order valence-corrected chi connectivity index (χ0v) is 4.60. The van der Waals surface area contributed by atoms with Crippen LogP contribution in [-0.4, -0.2) is 0 Å². The maximum absolute atomic E-state index is 2.92. The van der Waals surface area contributed by atoms with Crippen LogP contribution in [0.1, 0.15) is 0 Å². The lowest BCUT2D eigenvalue weighted by Gasteiger charge is -1.85. The summed E-state index contributed by atoms with van der Waals surface area (Å²) < 4.78 is 0. The molecule has 1 aliphatic rings. The quantitative estimate of drug-likeness (QED) is 0.442. The van der Waals surface area contributed by atoms with Crippen molar-refractivity contribution in [1.82, 2.24) is 0 Å². The molecule has 0 nitrogen and oxygen atoms in total. The van der Waals surface area contributed by atoms with Crippen molar-refractivity contribution in [2.24, 2.45) is 0 Å². The Balaban J connectivity index is 2.46. The summed E-state index contributed by atoms with van der Waals surface area (Å²) in [6.07, 6.45) is 3.70. The van der Waals surface area contributed by atoms with Crippen molar-refractivity contribution < 1.29 is 0 Å². The van der Waals surface area contributed by atoms with Crippen molar-refractivity contribution >= 4 is 21.6 Å². The van der Waals surface area contributed by atoms with E-state index in [1.54, 1.807) is 21.6 Å². The van der Waals surface area contributed by atoms with Crippen molar-refractivity contribution in [2.45, 2.75) is 0 Å². The predicted molar refractivity (Wildman–Crippen MR) is 30.8 cm³/mol. The van der Waals surface area contributed by atoms with E-state index in [-0.39, 0.29) is 0 Å². The van der Waals surface area contributed by atoms with Crippen molar-refractivity contribution in [2.75, 3.05) is 0 Å². The lowest BCUT2D eigenvalue weighted by atomic mass is 10.6. The molecule has 2 radical (unpaired) electrons. The van der Waals surface area contributed by atoms with Crippen LogP contribution in [0.2, 0.25) is 0 Å². The molecule has 0 aliphatic carbocycles. The first-order valence-electron chi connectivity index (χ1n) is 1.49. The van der Waals surface area contributed by atoms with Gasteiger partial charge in [0.15, 0.2) is 0 Å². The van der Waals surface area contributed by atoms with Crippen LogP contribution in [-0.2, 0) is 0 Å². The fourth-order valence-corrected chi connectivity index (χ4v) is 1.14. The molecule has 0 bridgehead atoms. The lowest BCUT2D eigenvalue weighted by Crippen LogP contribution is -1.52. The molecule has 1 rings (SSSR count). The van der Waals surface area contributed by atoms with Crippen LogP contribution >= 0.6 is 21.6 Å². The van der Waals surface area contributed by atoms with Crippen LogP contribution in [0.15, 0.2) is 12.2 Å². The molecule has 1 aliphatic heterocycles. The third kappa shape index (κ3) is 1.11. The maximum Gasteiger partial charge on any atom is 0.0331 e. The monoisotopic (exact) mass is 114 g/mol. The molecule has 0 N–H and O–H groups in total. The molecule has 1 heterocycles. The van der Waals surface area contributed by atoms with E-state index in [1.165, 1.54) is 0 Å². The molecule has 0 aromatic heterocycles. The van der Waals surface area contributed by atoms with E-state index in [2.05, 4.69) is 10.8 Å². The van der Waals surface area contributed by atoms with Gasteiger partial charge in [-0.1, -0.05) is 21.6 Å². The Bertz CT molecular complexity index is 71.5. The third-order valence-electron chi connectivity index (χ3n) is 0.357. The summed E-state index contributed by atoms with van der Waals surface area (Å²) in [6.45, 7) is 0. The Kier molecular flexibility index (Phi) is 1.71. The second-order valence-corrected chi connectivity index (χ2v) is 2.54. The van der Waals surface area contributed by atoms with Crippen LogP contribution in [0.5, 0.6) is 0 Å².